The van der Waals surface area contributed by atoms with Crippen LogP contribution < -0.4 is 5.32 Å². The highest BCUT2D eigenvalue weighted by Gasteiger charge is 2.33. The van der Waals surface area contributed by atoms with Crippen LogP contribution in [0, 0.1) is 0 Å². The molecule has 66 valence electrons. The van der Waals surface area contributed by atoms with Gasteiger partial charge in [-0.1, -0.05) is 46.4 Å². The average Bonchev–Trinajstić information content (AvgIpc) is 1.85. The van der Waals surface area contributed by atoms with E-state index in [2.05, 4.69) is 4.74 Å². The largest absolute Gasteiger partial charge is 0.425 e. The zero-order valence-corrected chi connectivity index (χ0v) is 8.14. The molecule has 0 saturated heterocycles. The third kappa shape index (κ3) is 4.80. The molecule has 3 nitrogen and oxygen atoms in total. The smallest absolute Gasteiger partial charge is 0.408 e. The Balaban J connectivity index is 3.84. The van der Waals surface area contributed by atoms with E-state index >= 15 is 0 Å². The van der Waals surface area contributed by atoms with Crippen LogP contribution in [-0.4, -0.2) is 22.5 Å². The van der Waals surface area contributed by atoms with Gasteiger partial charge in [0.2, 0.25) is 9.36 Å². The van der Waals surface area contributed by atoms with Crippen molar-refractivity contribution in [2.24, 2.45) is 0 Å². The van der Waals surface area contributed by atoms with Crippen LogP contribution in [0.1, 0.15) is 1.37 Å². The summed E-state index contributed by atoms with van der Waals surface area (Å²) in [6, 6.07) is 0. The van der Waals surface area contributed by atoms with Crippen molar-refractivity contribution in [2.75, 3.05) is 7.02 Å². The molecule has 0 bridgehead atoms. The summed E-state index contributed by atoms with van der Waals surface area (Å²) < 4.78 is 9.06. The third-order valence-corrected chi connectivity index (χ3v) is 1.96. The van der Waals surface area contributed by atoms with Crippen LogP contribution in [0.5, 0.6) is 0 Å². The van der Waals surface area contributed by atoms with Crippen molar-refractivity contribution in [3.63, 3.8) is 0 Å². The molecule has 0 radical (unpaired) electrons. The Bertz CT molecular complexity index is 162. The Morgan fingerprint density at radius 1 is 1.73 bits per heavy atom. The maximum Gasteiger partial charge on any atom is 0.408 e. The quantitative estimate of drug-likeness (QED) is 0.717. The van der Waals surface area contributed by atoms with Crippen molar-refractivity contribution in [1.29, 1.82) is 0 Å². The monoisotopic (exact) mass is 241 g/mol. The number of nitrogens with one attached hydrogen (secondary N) is 1. The lowest BCUT2D eigenvalue weighted by molar-refractivity contribution is 0.136. The van der Waals surface area contributed by atoms with E-state index in [1.54, 1.807) is 0 Å². The number of hydrogen-bond donors (Lipinski definition) is 1. The second-order valence-corrected chi connectivity index (χ2v) is 4.21. The molecule has 11 heavy (non-hydrogen) atoms. The van der Waals surface area contributed by atoms with Gasteiger partial charge in [0, 0.05) is 8.39 Å². The van der Waals surface area contributed by atoms with Crippen LogP contribution in [0.15, 0.2) is 0 Å². The summed E-state index contributed by atoms with van der Waals surface area (Å²) >= 11 is 21.2. The van der Waals surface area contributed by atoms with Gasteiger partial charge in [0.05, 0.1) is 0 Å². The second kappa shape index (κ2) is 4.45. The molecule has 1 amide bonds. The minimum Gasteiger partial charge on any atom is -0.425 e. The first-order valence-corrected chi connectivity index (χ1v) is 3.89. The van der Waals surface area contributed by atoms with E-state index in [4.69, 9.17) is 47.8 Å². The number of carbonyl (C=O) groups excluding carboxylic acids is 1. The molecule has 0 aromatic heterocycles. The summed E-state index contributed by atoms with van der Waals surface area (Å²) in [5.74, 6) is 0. The highest BCUT2D eigenvalue weighted by atomic mass is 35.6. The molecule has 0 aliphatic rings. The molecule has 0 saturated carbocycles. The lowest BCUT2D eigenvalue weighted by Crippen LogP contribution is -2.30. The van der Waals surface area contributed by atoms with E-state index < -0.39 is 15.4 Å². The van der Waals surface area contributed by atoms with E-state index in [9.17, 15) is 4.79 Å². The topological polar surface area (TPSA) is 38.3 Å². The molecule has 0 rings (SSSR count). The number of halogens is 4. The van der Waals surface area contributed by atoms with Gasteiger partial charge in [-0.3, -0.25) is 0 Å². The molecule has 0 fully saturated rings. The van der Waals surface area contributed by atoms with Gasteiger partial charge < -0.3 is 10.1 Å². The molecule has 1 atom stereocenters. The Labute approximate surface area is 85.3 Å². The number of amides is 1. The fourth-order valence-corrected chi connectivity index (χ4v) is 0.417. The summed E-state index contributed by atoms with van der Waals surface area (Å²) in [5, 5.41) is 1.99. The van der Waals surface area contributed by atoms with Crippen molar-refractivity contribution in [1.82, 2.24) is 5.32 Å². The normalized spacial score (nSPS) is 15.1. The van der Waals surface area contributed by atoms with E-state index in [-0.39, 0.29) is 7.02 Å². The minimum absolute atomic E-state index is 0.331. The Kier molecular flexibility index (Phi) is 3.85. The van der Waals surface area contributed by atoms with E-state index in [0.29, 0.717) is 0 Å². The summed E-state index contributed by atoms with van der Waals surface area (Å²) in [5.41, 5.74) is -1.38. The fraction of sp³-hybridized carbons (Fsp3) is 0.750. The molecule has 0 aromatic carbocycles. The first-order chi connectivity index (χ1) is 5.38. The zero-order chi connectivity index (χ0) is 9.78. The van der Waals surface area contributed by atoms with Crippen LogP contribution in [0.3, 0.4) is 0 Å². The Hall–Kier alpha value is 0.430. The number of alkyl halides is 4. The second-order valence-electron chi connectivity index (χ2n) is 1.44. The average molecular weight is 243 g/mol. The number of hydrogen-bond acceptors (Lipinski definition) is 2. The maximum absolute atomic E-state index is 10.6. The molecule has 0 aliphatic carbocycles. The van der Waals surface area contributed by atoms with E-state index in [0.717, 1.165) is 0 Å². The number of alkyl carbamates (subject to hydrolysis) is 1. The van der Waals surface area contributed by atoms with Crippen LogP contribution in [-0.2, 0) is 4.74 Å². The SMILES string of the molecule is [3H]CNC(=O)OC(Cl)C(Cl)(Cl)Cl. The Morgan fingerprint density at radius 3 is 2.64 bits per heavy atom. The summed E-state index contributed by atoms with van der Waals surface area (Å²) in [4.78, 5) is 10.6. The third-order valence-electron chi connectivity index (χ3n) is 0.612. The van der Waals surface area contributed by atoms with Crippen molar-refractivity contribution in [3.05, 3.63) is 0 Å². The molecular weight excluding hydrogens is 236 g/mol. The standard InChI is InChI=1S/C4H5Cl4NO2/c1-9-3(10)11-2(5)4(6,7)8/h2H,1H3,(H,9,10)/i1T. The van der Waals surface area contributed by atoms with Gasteiger partial charge in [0.25, 0.3) is 0 Å². The molecule has 0 spiro atoms. The van der Waals surface area contributed by atoms with Crippen LogP contribution in [0.2, 0.25) is 0 Å². The maximum atomic E-state index is 10.6. The van der Waals surface area contributed by atoms with Gasteiger partial charge in [-0.15, -0.1) is 0 Å². The fourth-order valence-electron chi connectivity index (χ4n) is 0.202. The highest BCUT2D eigenvalue weighted by molar-refractivity contribution is 6.70. The lowest BCUT2D eigenvalue weighted by atomic mass is 10.8. The van der Waals surface area contributed by atoms with Gasteiger partial charge in [-0.2, -0.15) is 0 Å². The molecule has 0 aromatic rings. The number of rotatable bonds is 1. The van der Waals surface area contributed by atoms with Gasteiger partial charge in [0.1, 0.15) is 0 Å². The predicted octanol–water partition coefficient (Wildman–Crippen LogP) is 2.28. The zero-order valence-electron chi connectivity index (χ0n) is 6.11. The van der Waals surface area contributed by atoms with E-state index in [1.165, 1.54) is 0 Å². The van der Waals surface area contributed by atoms with Gasteiger partial charge in [-0.25, -0.2) is 4.79 Å². The van der Waals surface area contributed by atoms with Crippen molar-refractivity contribution in [2.45, 2.75) is 9.36 Å². The predicted molar refractivity (Wildman–Crippen MR) is 45.5 cm³/mol. The van der Waals surface area contributed by atoms with Gasteiger partial charge in [-0.05, 0) is 0 Å². The number of ether oxygens (including phenoxy) is 1. The molecule has 0 aliphatic heterocycles. The molecular formula is C4H5Cl4NO2. The first kappa shape index (κ1) is 9.52. The van der Waals surface area contributed by atoms with Crippen LogP contribution in [0.25, 0.3) is 0 Å². The molecule has 7 heteroatoms. The minimum atomic E-state index is -1.87. The first-order valence-electron chi connectivity index (χ1n) is 3.03. The summed E-state index contributed by atoms with van der Waals surface area (Å²) in [7, 11) is -0.331. The van der Waals surface area contributed by atoms with Crippen LogP contribution >= 0.6 is 46.4 Å². The Morgan fingerprint density at radius 2 is 2.27 bits per heavy atom. The van der Waals surface area contributed by atoms with Gasteiger partial charge in [0.15, 0.2) is 0 Å². The summed E-state index contributed by atoms with van der Waals surface area (Å²) in [6.07, 6.45) is -0.906. The summed E-state index contributed by atoms with van der Waals surface area (Å²) in [6.45, 7) is 0. The lowest BCUT2D eigenvalue weighted by Gasteiger charge is -2.17. The van der Waals surface area contributed by atoms with Gasteiger partial charge >= 0.3 is 6.09 Å². The van der Waals surface area contributed by atoms with Crippen molar-refractivity contribution >= 4 is 52.5 Å². The molecule has 1 unspecified atom stereocenters. The molecule has 1 N–H and O–H groups in total. The van der Waals surface area contributed by atoms with Crippen LogP contribution in [0.4, 0.5) is 4.79 Å². The van der Waals surface area contributed by atoms with Crippen molar-refractivity contribution < 1.29 is 10.9 Å². The molecule has 0 heterocycles. The highest BCUT2D eigenvalue weighted by Crippen LogP contribution is 2.34. The van der Waals surface area contributed by atoms with Crippen molar-refractivity contribution in [3.8, 4) is 0 Å². The van der Waals surface area contributed by atoms with E-state index in [1.807, 2.05) is 5.32 Å². The number of carbonyl (C=O) groups is 1.